The molecule has 0 unspecified atom stereocenters. The first-order valence-corrected chi connectivity index (χ1v) is 16.1. The monoisotopic (exact) mass is 660 g/mol. The fraction of sp³-hybridized carbons (Fsp3) is 0.355. The van der Waals surface area contributed by atoms with Crippen LogP contribution in [0.25, 0.3) is 22.3 Å². The Bertz CT molecular complexity index is 1920. The summed E-state index contributed by atoms with van der Waals surface area (Å²) in [7, 11) is -4.23. The van der Waals surface area contributed by atoms with Gasteiger partial charge >= 0.3 is 6.09 Å². The van der Waals surface area contributed by atoms with Gasteiger partial charge in [0.2, 0.25) is 16.0 Å². The van der Waals surface area contributed by atoms with E-state index in [1.165, 1.54) is 23.2 Å². The fourth-order valence-corrected chi connectivity index (χ4v) is 6.18. The molecule has 0 bridgehead atoms. The SMILES string of the molecule is Cc1cc(-c2ccc(N(c3ccc(F)cc3F)S(C)(=O)=O)c(F)c2)nc2cnc(N[C@H]3C[C@H](F)CN(C(=O)OC(C)(C)C)C3)nc12. The smallest absolute Gasteiger partial charge is 0.410 e. The zero-order valence-electron chi connectivity index (χ0n) is 25.7. The van der Waals surface area contributed by atoms with Crippen molar-refractivity contribution in [3.8, 4) is 11.3 Å². The zero-order chi connectivity index (χ0) is 33.6. The summed E-state index contributed by atoms with van der Waals surface area (Å²) < 4.78 is 89.0. The summed E-state index contributed by atoms with van der Waals surface area (Å²) in [5, 5.41) is 3.09. The maximum absolute atomic E-state index is 15.5. The second-order valence-corrected chi connectivity index (χ2v) is 13.9. The number of anilines is 3. The number of piperidine rings is 1. The minimum Gasteiger partial charge on any atom is -0.444 e. The number of fused-ring (bicyclic) bond motifs is 1. The third-order valence-corrected chi connectivity index (χ3v) is 8.10. The second kappa shape index (κ2) is 12.3. The number of sulfonamides is 1. The summed E-state index contributed by atoms with van der Waals surface area (Å²) in [5.74, 6) is -2.87. The van der Waals surface area contributed by atoms with Crippen molar-refractivity contribution in [2.45, 2.75) is 51.9 Å². The zero-order valence-corrected chi connectivity index (χ0v) is 26.5. The minimum atomic E-state index is -4.23. The van der Waals surface area contributed by atoms with Crippen LogP contribution in [0.1, 0.15) is 32.8 Å². The molecule has 1 aliphatic heterocycles. The molecule has 0 radical (unpaired) electrons. The molecule has 1 N–H and O–H groups in total. The quantitative estimate of drug-likeness (QED) is 0.241. The molecule has 244 valence electrons. The van der Waals surface area contributed by atoms with Gasteiger partial charge < -0.3 is 15.0 Å². The molecule has 1 aliphatic rings. The van der Waals surface area contributed by atoms with E-state index in [-0.39, 0.29) is 25.5 Å². The van der Waals surface area contributed by atoms with Gasteiger partial charge in [-0.25, -0.2) is 50.0 Å². The first-order chi connectivity index (χ1) is 21.5. The maximum Gasteiger partial charge on any atom is 0.410 e. The van der Waals surface area contributed by atoms with Crippen molar-refractivity contribution in [1.82, 2.24) is 19.9 Å². The van der Waals surface area contributed by atoms with Gasteiger partial charge in [-0.3, -0.25) is 0 Å². The van der Waals surface area contributed by atoms with Crippen molar-refractivity contribution in [3.63, 3.8) is 0 Å². The summed E-state index contributed by atoms with van der Waals surface area (Å²) in [6.45, 7) is 7.09. The number of likely N-dealkylation sites (tertiary alicyclic amines) is 1. The Morgan fingerprint density at radius 2 is 1.70 bits per heavy atom. The van der Waals surface area contributed by atoms with Gasteiger partial charge in [0, 0.05) is 30.6 Å². The molecule has 1 amide bonds. The molecule has 10 nitrogen and oxygen atoms in total. The van der Waals surface area contributed by atoms with E-state index in [1.54, 1.807) is 33.8 Å². The molecule has 46 heavy (non-hydrogen) atoms. The van der Waals surface area contributed by atoms with E-state index in [1.807, 2.05) is 0 Å². The van der Waals surface area contributed by atoms with Crippen LogP contribution in [-0.2, 0) is 14.8 Å². The van der Waals surface area contributed by atoms with Crippen molar-refractivity contribution >= 4 is 44.5 Å². The highest BCUT2D eigenvalue weighted by atomic mass is 32.2. The number of carbonyl (C=O) groups is 1. The van der Waals surface area contributed by atoms with Crippen LogP contribution < -0.4 is 9.62 Å². The van der Waals surface area contributed by atoms with E-state index >= 15 is 4.39 Å². The average molecular weight is 661 g/mol. The molecule has 2 aromatic heterocycles. The van der Waals surface area contributed by atoms with Gasteiger partial charge in [-0.15, -0.1) is 0 Å². The number of hydrogen-bond donors (Lipinski definition) is 1. The lowest BCUT2D eigenvalue weighted by Gasteiger charge is -2.36. The number of amides is 1. The third-order valence-electron chi connectivity index (χ3n) is 7.04. The second-order valence-electron chi connectivity index (χ2n) is 12.1. The van der Waals surface area contributed by atoms with Gasteiger partial charge in [-0.2, -0.15) is 0 Å². The lowest BCUT2D eigenvalue weighted by atomic mass is 10.0. The van der Waals surface area contributed by atoms with Crippen LogP contribution in [0.3, 0.4) is 0 Å². The van der Waals surface area contributed by atoms with Crippen LogP contribution in [0.5, 0.6) is 0 Å². The molecule has 5 rings (SSSR count). The number of nitrogens with one attached hydrogen (secondary N) is 1. The molecule has 4 aromatic rings. The largest absolute Gasteiger partial charge is 0.444 e. The summed E-state index contributed by atoms with van der Waals surface area (Å²) in [5.41, 5.74) is 0.412. The number of alkyl halides is 1. The van der Waals surface area contributed by atoms with E-state index in [4.69, 9.17) is 4.74 Å². The maximum atomic E-state index is 15.5. The first kappa shape index (κ1) is 32.9. The van der Waals surface area contributed by atoms with Gasteiger partial charge in [0.15, 0.2) is 5.82 Å². The molecular formula is C31H32F4N6O4S. The minimum absolute atomic E-state index is 0.0749. The molecule has 0 aliphatic carbocycles. The molecule has 1 saturated heterocycles. The van der Waals surface area contributed by atoms with Gasteiger partial charge in [0.05, 0.1) is 41.6 Å². The van der Waals surface area contributed by atoms with E-state index in [2.05, 4.69) is 20.3 Å². The van der Waals surface area contributed by atoms with E-state index in [0.29, 0.717) is 38.2 Å². The van der Waals surface area contributed by atoms with Crippen LogP contribution >= 0.6 is 0 Å². The number of benzene rings is 2. The molecule has 0 spiro atoms. The lowest BCUT2D eigenvalue weighted by molar-refractivity contribution is 0.0124. The number of aromatic nitrogens is 3. The summed E-state index contributed by atoms with van der Waals surface area (Å²) in [6.07, 6.45) is 0.502. The Morgan fingerprint density at radius 1 is 1.02 bits per heavy atom. The highest BCUT2D eigenvalue weighted by Gasteiger charge is 2.33. The van der Waals surface area contributed by atoms with Crippen LogP contribution in [-0.4, -0.2) is 71.5 Å². The normalized spacial score (nSPS) is 17.2. The third kappa shape index (κ3) is 7.30. The van der Waals surface area contributed by atoms with Crippen LogP contribution in [0.4, 0.5) is 39.7 Å². The van der Waals surface area contributed by atoms with Crippen molar-refractivity contribution in [1.29, 1.82) is 0 Å². The molecular weight excluding hydrogens is 628 g/mol. The van der Waals surface area contributed by atoms with E-state index < -0.39 is 62.8 Å². The molecule has 2 atom stereocenters. The highest BCUT2D eigenvalue weighted by Crippen LogP contribution is 2.35. The van der Waals surface area contributed by atoms with Gasteiger partial charge in [0.25, 0.3) is 0 Å². The van der Waals surface area contributed by atoms with Gasteiger partial charge in [-0.1, -0.05) is 6.07 Å². The van der Waals surface area contributed by atoms with Crippen molar-refractivity contribution in [2.75, 3.05) is 29.0 Å². The molecule has 1 fully saturated rings. The van der Waals surface area contributed by atoms with Crippen LogP contribution in [0, 0.1) is 24.4 Å². The molecule has 2 aromatic carbocycles. The Hall–Kier alpha value is -4.53. The number of halogens is 4. The number of ether oxygens (including phenoxy) is 1. The summed E-state index contributed by atoms with van der Waals surface area (Å²) >= 11 is 0. The number of hydrogen-bond acceptors (Lipinski definition) is 8. The average Bonchev–Trinajstić information content (AvgIpc) is 2.93. The van der Waals surface area contributed by atoms with Crippen molar-refractivity contribution in [2.24, 2.45) is 0 Å². The Labute approximate surface area is 263 Å². The Morgan fingerprint density at radius 3 is 2.33 bits per heavy atom. The summed E-state index contributed by atoms with van der Waals surface area (Å²) in [4.78, 5) is 27.2. The topological polar surface area (TPSA) is 118 Å². The van der Waals surface area contributed by atoms with Crippen LogP contribution in [0.2, 0.25) is 0 Å². The highest BCUT2D eigenvalue weighted by molar-refractivity contribution is 7.92. The van der Waals surface area contributed by atoms with Crippen molar-refractivity contribution in [3.05, 3.63) is 71.7 Å². The van der Waals surface area contributed by atoms with Gasteiger partial charge in [0.1, 0.15) is 28.9 Å². The van der Waals surface area contributed by atoms with E-state index in [0.717, 1.165) is 24.5 Å². The number of rotatable bonds is 6. The fourth-order valence-electron chi connectivity index (χ4n) is 5.16. The van der Waals surface area contributed by atoms with Gasteiger partial charge in [-0.05, 0) is 63.6 Å². The summed E-state index contributed by atoms with van der Waals surface area (Å²) in [6, 6.07) is 7.14. The number of carbonyl (C=O) groups excluding carboxylic acids is 1. The Balaban J connectivity index is 1.39. The number of nitrogens with zero attached hydrogens (tertiary/aromatic N) is 5. The van der Waals surface area contributed by atoms with Crippen molar-refractivity contribution < 1.29 is 35.5 Å². The first-order valence-electron chi connectivity index (χ1n) is 14.3. The molecule has 15 heteroatoms. The van der Waals surface area contributed by atoms with Crippen LogP contribution in [0.15, 0.2) is 48.7 Å². The number of aryl methyl sites for hydroxylation is 1. The predicted octanol–water partition coefficient (Wildman–Crippen LogP) is 6.27. The molecule has 0 saturated carbocycles. The molecule has 3 heterocycles. The lowest BCUT2D eigenvalue weighted by Crippen LogP contribution is -2.51. The Kier molecular flexibility index (Phi) is 8.81. The van der Waals surface area contributed by atoms with E-state index in [9.17, 15) is 26.4 Å². The predicted molar refractivity (Wildman–Crippen MR) is 166 cm³/mol. The number of pyridine rings is 1. The standard InChI is InChI=1S/C31H32F4N6O4S/c1-17-10-24(18-6-8-26(22(34)11-18)41(46(5,43)44)27-9-7-19(32)13-23(27)35)38-25-14-36-29(39-28(17)25)37-21-12-20(33)15-40(16-21)30(42)45-31(2,3)4/h6-11,13-14,20-21H,12,15-16H2,1-5H3,(H,36,37,39)/t20-,21-/m0/s1.